The normalized spacial score (nSPS) is 17.6. The molecule has 2 atom stereocenters. The van der Waals surface area contributed by atoms with Crippen LogP contribution in [0.4, 0.5) is 11.4 Å². The Morgan fingerprint density at radius 2 is 1.68 bits per heavy atom. The van der Waals surface area contributed by atoms with Gasteiger partial charge >= 0.3 is 0 Å². The number of para-hydroxylation sites is 2. The zero-order valence-corrected chi connectivity index (χ0v) is 18.0. The largest absolute Gasteiger partial charge is 0.497 e. The summed E-state index contributed by atoms with van der Waals surface area (Å²) in [7, 11) is 1.59. The molecule has 0 saturated heterocycles. The molecule has 1 heterocycles. The minimum Gasteiger partial charge on any atom is -0.497 e. The molecule has 0 bridgehead atoms. The predicted molar refractivity (Wildman–Crippen MR) is 123 cm³/mol. The molecule has 0 radical (unpaired) electrons. The number of methoxy groups -OCH3 is 1. The molecular weight excluding hydrogens is 388 g/mol. The summed E-state index contributed by atoms with van der Waals surface area (Å²) in [5.41, 5.74) is 3.20. The average Bonchev–Trinajstić information content (AvgIpc) is 2.79. The van der Waals surface area contributed by atoms with E-state index < -0.39 is 0 Å². The maximum Gasteiger partial charge on any atom is 0.258 e. The van der Waals surface area contributed by atoms with E-state index in [2.05, 4.69) is 0 Å². The summed E-state index contributed by atoms with van der Waals surface area (Å²) in [5.74, 6) is 0.538. The van der Waals surface area contributed by atoms with E-state index in [0.29, 0.717) is 17.7 Å². The van der Waals surface area contributed by atoms with Crippen molar-refractivity contribution in [1.82, 2.24) is 0 Å². The summed E-state index contributed by atoms with van der Waals surface area (Å²) in [5, 5.41) is 0. The Kier molecular flexibility index (Phi) is 5.76. The van der Waals surface area contributed by atoms with E-state index in [0.717, 1.165) is 16.9 Å². The van der Waals surface area contributed by atoms with Gasteiger partial charge in [-0.3, -0.25) is 9.59 Å². The van der Waals surface area contributed by atoms with Gasteiger partial charge in [-0.1, -0.05) is 42.5 Å². The fraction of sp³-hybridized carbons (Fsp3) is 0.231. The predicted octanol–water partition coefficient (Wildman–Crippen LogP) is 5.23. The first-order valence-corrected chi connectivity index (χ1v) is 10.4. The van der Waals surface area contributed by atoms with Crippen molar-refractivity contribution in [3.63, 3.8) is 0 Å². The lowest BCUT2D eigenvalue weighted by Gasteiger charge is -2.43. The van der Waals surface area contributed by atoms with Crippen molar-refractivity contribution in [2.45, 2.75) is 32.4 Å². The van der Waals surface area contributed by atoms with Gasteiger partial charge in [0.15, 0.2) is 0 Å². The summed E-state index contributed by atoms with van der Waals surface area (Å²) in [6.07, 6.45) is 0.640. The van der Waals surface area contributed by atoms with Gasteiger partial charge in [-0.15, -0.1) is 0 Å². The van der Waals surface area contributed by atoms with Gasteiger partial charge in [0.2, 0.25) is 5.91 Å². The van der Waals surface area contributed by atoms with E-state index in [1.54, 1.807) is 26.2 Å². The Bertz CT molecular complexity index is 1100. The second kappa shape index (κ2) is 8.64. The molecule has 0 saturated carbocycles. The maximum absolute atomic E-state index is 13.8. The minimum atomic E-state index is -0.206. The fourth-order valence-corrected chi connectivity index (χ4v) is 4.43. The summed E-state index contributed by atoms with van der Waals surface area (Å²) < 4.78 is 5.33. The highest BCUT2D eigenvalue weighted by molar-refractivity contribution is 6.07. The number of nitrogens with zero attached hydrogens (tertiary/aromatic N) is 2. The monoisotopic (exact) mass is 414 g/mol. The van der Waals surface area contributed by atoms with E-state index in [1.165, 1.54) is 0 Å². The fourth-order valence-electron chi connectivity index (χ4n) is 4.43. The third-order valence-corrected chi connectivity index (χ3v) is 5.78. The number of amides is 2. The van der Waals surface area contributed by atoms with Crippen LogP contribution in [-0.2, 0) is 4.79 Å². The number of hydrogen-bond acceptors (Lipinski definition) is 3. The van der Waals surface area contributed by atoms with Crippen LogP contribution in [0, 0.1) is 0 Å². The summed E-state index contributed by atoms with van der Waals surface area (Å²) >= 11 is 0. The topological polar surface area (TPSA) is 49.9 Å². The first-order valence-electron chi connectivity index (χ1n) is 10.4. The van der Waals surface area contributed by atoms with Gasteiger partial charge in [0.05, 0.1) is 13.2 Å². The van der Waals surface area contributed by atoms with Crippen LogP contribution in [-0.4, -0.2) is 25.0 Å². The summed E-state index contributed by atoms with van der Waals surface area (Å²) in [6, 6.07) is 24.5. The number of benzene rings is 3. The number of rotatable bonds is 4. The van der Waals surface area contributed by atoms with Crippen LogP contribution in [0.15, 0.2) is 78.9 Å². The number of fused-ring (bicyclic) bond motifs is 1. The Balaban J connectivity index is 1.85. The molecule has 2 amide bonds. The van der Waals surface area contributed by atoms with Crippen molar-refractivity contribution in [3.8, 4) is 5.75 Å². The van der Waals surface area contributed by atoms with E-state index >= 15 is 0 Å². The quantitative estimate of drug-likeness (QED) is 0.587. The standard InChI is InChI=1S/C26H26N2O3/c1-18-16-25(23-14-7-8-15-24(23)27(18)19(2)29)28(21-11-5-4-6-12-21)26(30)20-10-9-13-22(17-20)31-3/h4-15,17-18,25H,16H2,1-3H3/t18-,25-/m0/s1. The highest BCUT2D eigenvalue weighted by atomic mass is 16.5. The van der Waals surface area contributed by atoms with Gasteiger partial charge in [0, 0.05) is 29.9 Å². The van der Waals surface area contributed by atoms with Gasteiger partial charge in [0.1, 0.15) is 5.75 Å². The second-order valence-electron chi connectivity index (χ2n) is 7.79. The molecule has 0 aromatic heterocycles. The SMILES string of the molecule is COc1cccc(C(=O)N(c2ccccc2)[C@H]2C[C@H](C)N(C(C)=O)c3ccccc32)c1. The molecule has 0 spiro atoms. The van der Waals surface area contributed by atoms with Crippen molar-refractivity contribution in [1.29, 1.82) is 0 Å². The van der Waals surface area contributed by atoms with E-state index in [9.17, 15) is 9.59 Å². The molecule has 158 valence electrons. The number of carbonyl (C=O) groups excluding carboxylic acids is 2. The van der Waals surface area contributed by atoms with Crippen LogP contribution in [0.25, 0.3) is 0 Å². The number of hydrogen-bond donors (Lipinski definition) is 0. The lowest BCUT2D eigenvalue weighted by molar-refractivity contribution is -0.117. The van der Waals surface area contributed by atoms with Crippen LogP contribution < -0.4 is 14.5 Å². The summed E-state index contributed by atoms with van der Waals surface area (Å²) in [6.45, 7) is 3.62. The number of ether oxygens (including phenoxy) is 1. The van der Waals surface area contributed by atoms with Crippen LogP contribution >= 0.6 is 0 Å². The van der Waals surface area contributed by atoms with Crippen molar-refractivity contribution in [3.05, 3.63) is 90.0 Å². The van der Waals surface area contributed by atoms with E-state index in [1.807, 2.05) is 83.5 Å². The van der Waals surface area contributed by atoms with Crippen molar-refractivity contribution in [2.75, 3.05) is 16.9 Å². The van der Waals surface area contributed by atoms with Crippen molar-refractivity contribution in [2.24, 2.45) is 0 Å². The Morgan fingerprint density at radius 3 is 2.39 bits per heavy atom. The van der Waals surface area contributed by atoms with E-state index in [4.69, 9.17) is 4.74 Å². The molecule has 31 heavy (non-hydrogen) atoms. The Labute approximate surface area is 182 Å². The van der Waals surface area contributed by atoms with Crippen molar-refractivity contribution < 1.29 is 14.3 Å². The highest BCUT2D eigenvalue weighted by Crippen LogP contribution is 2.42. The van der Waals surface area contributed by atoms with Gasteiger partial charge in [0.25, 0.3) is 5.91 Å². The molecule has 0 N–H and O–H groups in total. The summed E-state index contributed by atoms with van der Waals surface area (Å²) in [4.78, 5) is 29.9. The van der Waals surface area contributed by atoms with Crippen LogP contribution in [0.1, 0.15) is 42.2 Å². The molecule has 3 aromatic carbocycles. The third kappa shape index (κ3) is 3.91. The van der Waals surface area contributed by atoms with Gasteiger partial charge in [-0.2, -0.15) is 0 Å². The minimum absolute atomic E-state index is 0.00350. The van der Waals surface area contributed by atoms with E-state index in [-0.39, 0.29) is 23.9 Å². The lowest BCUT2D eigenvalue weighted by Crippen LogP contribution is -2.47. The van der Waals surface area contributed by atoms with Crippen LogP contribution in [0.5, 0.6) is 5.75 Å². The van der Waals surface area contributed by atoms with Gasteiger partial charge < -0.3 is 14.5 Å². The first kappa shape index (κ1) is 20.7. The second-order valence-corrected chi connectivity index (χ2v) is 7.79. The molecule has 0 aliphatic carbocycles. The van der Waals surface area contributed by atoms with Gasteiger partial charge in [-0.05, 0) is 55.3 Å². The average molecular weight is 415 g/mol. The van der Waals surface area contributed by atoms with Gasteiger partial charge in [-0.25, -0.2) is 0 Å². The van der Waals surface area contributed by atoms with Crippen molar-refractivity contribution >= 4 is 23.2 Å². The highest BCUT2D eigenvalue weighted by Gasteiger charge is 2.37. The zero-order chi connectivity index (χ0) is 22.0. The molecule has 1 aliphatic rings. The molecule has 5 heteroatoms. The Morgan fingerprint density at radius 1 is 0.968 bits per heavy atom. The molecule has 0 unspecified atom stereocenters. The smallest absolute Gasteiger partial charge is 0.258 e. The molecular formula is C26H26N2O3. The molecule has 3 aromatic rings. The number of anilines is 2. The maximum atomic E-state index is 13.8. The molecule has 0 fully saturated rings. The number of carbonyl (C=O) groups is 2. The molecule has 1 aliphatic heterocycles. The van der Waals surface area contributed by atoms with Crippen LogP contribution in [0.2, 0.25) is 0 Å². The molecule has 5 nitrogen and oxygen atoms in total. The Hall–Kier alpha value is -3.60. The third-order valence-electron chi connectivity index (χ3n) is 5.78. The first-order chi connectivity index (χ1) is 15.0. The van der Waals surface area contributed by atoms with Crippen LogP contribution in [0.3, 0.4) is 0 Å². The molecule has 4 rings (SSSR count). The zero-order valence-electron chi connectivity index (χ0n) is 18.0. The lowest BCUT2D eigenvalue weighted by atomic mass is 9.89.